The number of carbonyl (C=O) groups excluding carboxylic acids is 1. The number of ether oxygens (including phenoxy) is 3. The Bertz CT molecular complexity index is 329. The third-order valence-corrected chi connectivity index (χ3v) is 4.22. The summed E-state index contributed by atoms with van der Waals surface area (Å²) in [5.41, 5.74) is -0.462. The first-order valence-corrected chi connectivity index (χ1v) is 7.84. The van der Waals surface area contributed by atoms with Crippen LogP contribution in [0.3, 0.4) is 0 Å². The fourth-order valence-electron chi connectivity index (χ4n) is 3.32. The molecule has 0 amide bonds. The van der Waals surface area contributed by atoms with E-state index < -0.39 is 0 Å². The highest BCUT2D eigenvalue weighted by atomic mass is 16.7. The minimum atomic E-state index is -0.200. The zero-order chi connectivity index (χ0) is 16.3. The highest BCUT2D eigenvalue weighted by molar-refractivity contribution is 5.74. The van der Waals surface area contributed by atoms with Crippen LogP contribution in [-0.4, -0.2) is 32.6 Å². The summed E-state index contributed by atoms with van der Waals surface area (Å²) in [5.74, 6) is -0.266. The van der Waals surface area contributed by atoms with Crippen LogP contribution in [0, 0.1) is 22.2 Å². The third kappa shape index (κ3) is 4.96. The summed E-state index contributed by atoms with van der Waals surface area (Å²) in [4.78, 5) is 12.6. The molecule has 1 saturated heterocycles. The molecule has 0 radical (unpaired) electrons. The van der Waals surface area contributed by atoms with Crippen molar-refractivity contribution in [1.29, 1.82) is 0 Å². The molecule has 0 spiro atoms. The molecule has 1 aliphatic heterocycles. The fourth-order valence-corrected chi connectivity index (χ4v) is 3.32. The largest absolute Gasteiger partial charge is 0.465 e. The van der Waals surface area contributed by atoms with Gasteiger partial charge in [0.15, 0.2) is 0 Å². The highest BCUT2D eigenvalue weighted by Gasteiger charge is 2.43. The molecule has 1 aliphatic rings. The van der Waals surface area contributed by atoms with Crippen molar-refractivity contribution in [2.45, 2.75) is 54.9 Å². The molecule has 1 fully saturated rings. The van der Waals surface area contributed by atoms with Crippen LogP contribution in [0.1, 0.15) is 54.9 Å². The Labute approximate surface area is 129 Å². The summed E-state index contributed by atoms with van der Waals surface area (Å²) >= 11 is 0. The second-order valence-corrected chi connectivity index (χ2v) is 8.44. The van der Waals surface area contributed by atoms with Crippen molar-refractivity contribution >= 4 is 5.97 Å². The van der Waals surface area contributed by atoms with Crippen molar-refractivity contribution in [3.05, 3.63) is 0 Å². The van der Waals surface area contributed by atoms with E-state index in [1.807, 2.05) is 0 Å². The second kappa shape index (κ2) is 6.66. The summed E-state index contributed by atoms with van der Waals surface area (Å²) in [6.45, 7) is 16.5. The summed E-state index contributed by atoms with van der Waals surface area (Å²) in [7, 11) is 0. The van der Waals surface area contributed by atoms with Crippen molar-refractivity contribution < 1.29 is 19.0 Å². The monoisotopic (exact) mass is 300 g/mol. The minimum absolute atomic E-state index is 0.117. The van der Waals surface area contributed by atoms with E-state index in [0.717, 1.165) is 6.42 Å². The normalized spacial score (nSPS) is 19.6. The van der Waals surface area contributed by atoms with Crippen LogP contribution in [0.25, 0.3) is 0 Å². The van der Waals surface area contributed by atoms with Crippen molar-refractivity contribution in [2.24, 2.45) is 22.2 Å². The molecule has 0 saturated carbocycles. The smallest absolute Gasteiger partial charge is 0.310 e. The first kappa shape index (κ1) is 18.4. The average molecular weight is 300 g/mol. The molecule has 0 aliphatic carbocycles. The zero-order valence-electron chi connectivity index (χ0n) is 14.7. The van der Waals surface area contributed by atoms with Gasteiger partial charge in [-0.15, -0.1) is 0 Å². The first-order chi connectivity index (χ1) is 9.52. The number of esters is 1. The van der Waals surface area contributed by atoms with E-state index in [1.54, 1.807) is 0 Å². The van der Waals surface area contributed by atoms with E-state index in [0.29, 0.717) is 26.6 Å². The third-order valence-electron chi connectivity index (χ3n) is 4.22. The van der Waals surface area contributed by atoms with Crippen LogP contribution in [0.15, 0.2) is 0 Å². The molecule has 4 nitrogen and oxygen atoms in total. The fraction of sp³-hybridized carbons (Fsp3) is 0.941. The summed E-state index contributed by atoms with van der Waals surface area (Å²) in [6.07, 6.45) is 0.871. The molecule has 4 heteroatoms. The Morgan fingerprint density at radius 3 is 1.95 bits per heavy atom. The van der Waals surface area contributed by atoms with Gasteiger partial charge in [-0.25, -0.2) is 0 Å². The zero-order valence-corrected chi connectivity index (χ0v) is 14.7. The van der Waals surface area contributed by atoms with Crippen LogP contribution in [0.2, 0.25) is 0 Å². The molecule has 1 rings (SSSR count). The lowest BCUT2D eigenvalue weighted by atomic mass is 9.66. The number of rotatable bonds is 4. The molecule has 21 heavy (non-hydrogen) atoms. The van der Waals surface area contributed by atoms with Crippen molar-refractivity contribution in [3.8, 4) is 0 Å². The quantitative estimate of drug-likeness (QED) is 0.744. The average Bonchev–Trinajstić information content (AvgIpc) is 2.34. The van der Waals surface area contributed by atoms with Gasteiger partial charge in [0.25, 0.3) is 0 Å². The van der Waals surface area contributed by atoms with E-state index in [9.17, 15) is 4.79 Å². The summed E-state index contributed by atoms with van der Waals surface area (Å²) in [5, 5.41) is 0. The number of hydrogen-bond acceptors (Lipinski definition) is 4. The van der Waals surface area contributed by atoms with Crippen LogP contribution < -0.4 is 0 Å². The predicted octanol–water partition coefficient (Wildman–Crippen LogP) is 3.64. The molecular weight excluding hydrogens is 268 g/mol. The van der Waals surface area contributed by atoms with Crippen LogP contribution in [0.5, 0.6) is 0 Å². The number of hydrogen-bond donors (Lipinski definition) is 0. The van der Waals surface area contributed by atoms with Gasteiger partial charge in [0.1, 0.15) is 13.4 Å². The molecule has 0 aromatic carbocycles. The van der Waals surface area contributed by atoms with Gasteiger partial charge in [0.05, 0.1) is 24.5 Å². The lowest BCUT2D eigenvalue weighted by molar-refractivity contribution is -0.192. The lowest BCUT2D eigenvalue weighted by Gasteiger charge is -2.40. The Balaban J connectivity index is 2.74. The Hall–Kier alpha value is -0.610. The van der Waals surface area contributed by atoms with E-state index in [4.69, 9.17) is 14.2 Å². The highest BCUT2D eigenvalue weighted by Crippen LogP contribution is 2.41. The van der Waals surface area contributed by atoms with Crippen LogP contribution in [-0.2, 0) is 19.0 Å². The lowest BCUT2D eigenvalue weighted by Crippen LogP contribution is -2.44. The van der Waals surface area contributed by atoms with Crippen molar-refractivity contribution in [2.75, 3.05) is 26.6 Å². The standard InChI is InChI=1S/C17H32O4/c1-8-17(9-19-12-20-10-17)11-21-14(18)13(15(2,3)4)16(5,6)7/h13H,8-12H2,1-7H3. The summed E-state index contributed by atoms with van der Waals surface area (Å²) in [6, 6.07) is 0. The Morgan fingerprint density at radius 1 is 1.10 bits per heavy atom. The van der Waals surface area contributed by atoms with E-state index >= 15 is 0 Å². The van der Waals surface area contributed by atoms with Gasteiger partial charge < -0.3 is 14.2 Å². The molecule has 0 unspecified atom stereocenters. The van der Waals surface area contributed by atoms with E-state index in [1.165, 1.54) is 0 Å². The molecule has 0 atom stereocenters. The molecule has 0 bridgehead atoms. The van der Waals surface area contributed by atoms with Gasteiger partial charge in [-0.3, -0.25) is 4.79 Å². The number of carbonyl (C=O) groups is 1. The maximum absolute atomic E-state index is 12.6. The Morgan fingerprint density at radius 2 is 1.57 bits per heavy atom. The van der Waals surface area contributed by atoms with Crippen molar-refractivity contribution in [1.82, 2.24) is 0 Å². The maximum Gasteiger partial charge on any atom is 0.310 e. The van der Waals surface area contributed by atoms with E-state index in [-0.39, 0.29) is 28.1 Å². The molecule has 1 heterocycles. The maximum atomic E-state index is 12.6. The molecule has 0 N–H and O–H groups in total. The Kier molecular flexibility index (Phi) is 5.84. The molecule has 0 aromatic rings. The molecule has 0 aromatic heterocycles. The van der Waals surface area contributed by atoms with E-state index in [2.05, 4.69) is 48.5 Å². The second-order valence-electron chi connectivity index (χ2n) is 8.44. The van der Waals surface area contributed by atoms with Gasteiger partial charge in [0.2, 0.25) is 0 Å². The molecular formula is C17H32O4. The minimum Gasteiger partial charge on any atom is -0.465 e. The van der Waals surface area contributed by atoms with Gasteiger partial charge in [-0.05, 0) is 17.3 Å². The van der Waals surface area contributed by atoms with Gasteiger partial charge in [0, 0.05) is 0 Å². The first-order valence-electron chi connectivity index (χ1n) is 7.84. The topological polar surface area (TPSA) is 44.8 Å². The van der Waals surface area contributed by atoms with Gasteiger partial charge in [-0.1, -0.05) is 48.5 Å². The molecule has 124 valence electrons. The van der Waals surface area contributed by atoms with Crippen LogP contribution >= 0.6 is 0 Å². The van der Waals surface area contributed by atoms with Crippen molar-refractivity contribution in [3.63, 3.8) is 0 Å². The van der Waals surface area contributed by atoms with Gasteiger partial charge in [-0.2, -0.15) is 0 Å². The summed E-state index contributed by atoms with van der Waals surface area (Å²) < 4.78 is 16.5. The SMILES string of the molecule is CCC1(COC(=O)C(C(C)(C)C)C(C)(C)C)COCOC1. The van der Waals surface area contributed by atoms with Crippen LogP contribution in [0.4, 0.5) is 0 Å². The van der Waals surface area contributed by atoms with Gasteiger partial charge >= 0.3 is 5.97 Å². The predicted molar refractivity (Wildman–Crippen MR) is 82.9 cm³/mol.